The highest BCUT2D eigenvalue weighted by Gasteiger charge is 2.24. The van der Waals surface area contributed by atoms with Gasteiger partial charge in [-0.25, -0.2) is 0 Å². The third kappa shape index (κ3) is 3.68. The summed E-state index contributed by atoms with van der Waals surface area (Å²) in [6.07, 6.45) is -0.396. The second kappa shape index (κ2) is 5.29. The molecule has 0 radical (unpaired) electrons. The molecule has 0 bridgehead atoms. The van der Waals surface area contributed by atoms with E-state index in [1.807, 2.05) is 0 Å². The molecule has 0 N–H and O–H groups in total. The number of hydrogen-bond acceptors (Lipinski definition) is 5. The molecule has 0 aliphatic carbocycles. The number of ether oxygens (including phenoxy) is 2. The molecule has 0 aromatic carbocycles. The van der Waals surface area contributed by atoms with E-state index in [2.05, 4.69) is 9.47 Å². The molecule has 1 unspecified atom stereocenters. The lowest BCUT2D eigenvalue weighted by Crippen LogP contribution is -2.24. The number of hydrogen-bond donors (Lipinski definition) is 0. The Hall–Kier alpha value is -1.39. The van der Waals surface area contributed by atoms with Gasteiger partial charge in [0.25, 0.3) is 0 Å². The van der Waals surface area contributed by atoms with Crippen LogP contribution in [0.25, 0.3) is 0 Å². The topological polar surface area (TPSA) is 69.7 Å². The molecule has 0 amide bonds. The maximum Gasteiger partial charge on any atom is 0.315 e. The van der Waals surface area contributed by atoms with Crippen molar-refractivity contribution in [3.63, 3.8) is 0 Å². The first-order valence-corrected chi connectivity index (χ1v) is 3.70. The molecule has 0 rings (SSSR count). The molecule has 1 atom stereocenters. The standard InChI is InChI=1S/C8H12O5/c1-5(8(11)13-3)6(9)4-7(10)12-2/h5H,4H2,1-3H3. The first kappa shape index (κ1) is 11.6. The minimum atomic E-state index is -0.913. The van der Waals surface area contributed by atoms with Crippen LogP contribution in [-0.4, -0.2) is 31.9 Å². The van der Waals surface area contributed by atoms with Crippen molar-refractivity contribution < 1.29 is 23.9 Å². The number of Topliss-reactive ketones (excluding diaryl/α,β-unsaturated/α-hetero) is 1. The molecule has 0 aliphatic rings. The minimum Gasteiger partial charge on any atom is -0.469 e. The van der Waals surface area contributed by atoms with Gasteiger partial charge in [-0.05, 0) is 6.92 Å². The number of carbonyl (C=O) groups excluding carboxylic acids is 3. The summed E-state index contributed by atoms with van der Waals surface area (Å²) in [4.78, 5) is 32.6. The van der Waals surface area contributed by atoms with E-state index in [1.54, 1.807) is 0 Å². The molecule has 0 saturated carbocycles. The van der Waals surface area contributed by atoms with E-state index < -0.39 is 30.1 Å². The zero-order valence-electron chi connectivity index (χ0n) is 7.83. The third-order valence-electron chi connectivity index (χ3n) is 1.58. The average molecular weight is 188 g/mol. The molecule has 0 aliphatic heterocycles. The van der Waals surface area contributed by atoms with Gasteiger partial charge in [-0.1, -0.05) is 0 Å². The van der Waals surface area contributed by atoms with Gasteiger partial charge in [0.2, 0.25) is 0 Å². The summed E-state index contributed by atoms with van der Waals surface area (Å²) in [5.74, 6) is -2.71. The smallest absolute Gasteiger partial charge is 0.315 e. The Morgan fingerprint density at radius 1 is 1.15 bits per heavy atom. The van der Waals surface area contributed by atoms with Crippen molar-refractivity contribution in [2.45, 2.75) is 13.3 Å². The number of esters is 2. The molecule has 0 aromatic heterocycles. The van der Waals surface area contributed by atoms with Crippen LogP contribution in [0.3, 0.4) is 0 Å². The van der Waals surface area contributed by atoms with Gasteiger partial charge < -0.3 is 9.47 Å². The lowest BCUT2D eigenvalue weighted by molar-refractivity contribution is -0.150. The SMILES string of the molecule is COC(=O)CC(=O)C(C)C(=O)OC. The Morgan fingerprint density at radius 2 is 1.69 bits per heavy atom. The number of ketones is 1. The highest BCUT2D eigenvalue weighted by molar-refractivity contribution is 6.05. The molecule has 0 aromatic rings. The fraction of sp³-hybridized carbons (Fsp3) is 0.625. The largest absolute Gasteiger partial charge is 0.469 e. The summed E-state index contributed by atoms with van der Waals surface area (Å²) in [6.45, 7) is 1.39. The van der Waals surface area contributed by atoms with Crippen molar-refractivity contribution in [3.05, 3.63) is 0 Å². The van der Waals surface area contributed by atoms with Gasteiger partial charge in [0, 0.05) is 0 Å². The molecule has 0 heterocycles. The van der Waals surface area contributed by atoms with E-state index in [9.17, 15) is 14.4 Å². The Morgan fingerprint density at radius 3 is 2.08 bits per heavy atom. The zero-order chi connectivity index (χ0) is 10.4. The van der Waals surface area contributed by atoms with Gasteiger partial charge in [-0.2, -0.15) is 0 Å². The van der Waals surface area contributed by atoms with Crippen LogP contribution in [0.1, 0.15) is 13.3 Å². The van der Waals surface area contributed by atoms with E-state index in [4.69, 9.17) is 0 Å². The van der Waals surface area contributed by atoms with Crippen LogP contribution in [0.4, 0.5) is 0 Å². The van der Waals surface area contributed by atoms with Crippen molar-refractivity contribution in [1.82, 2.24) is 0 Å². The summed E-state index contributed by atoms with van der Waals surface area (Å²) in [7, 11) is 2.36. The first-order chi connectivity index (χ1) is 6.02. The monoisotopic (exact) mass is 188 g/mol. The van der Waals surface area contributed by atoms with Crippen molar-refractivity contribution in [2.75, 3.05) is 14.2 Å². The summed E-state index contributed by atoms with van der Waals surface area (Å²) < 4.78 is 8.61. The van der Waals surface area contributed by atoms with Gasteiger partial charge in [-0.15, -0.1) is 0 Å². The Kier molecular flexibility index (Phi) is 4.72. The molecule has 0 fully saturated rings. The highest BCUT2D eigenvalue weighted by Crippen LogP contribution is 2.03. The quantitative estimate of drug-likeness (QED) is 0.456. The summed E-state index contributed by atoms with van der Waals surface area (Å²) in [5, 5.41) is 0. The summed E-state index contributed by atoms with van der Waals surface area (Å²) in [5.41, 5.74) is 0. The van der Waals surface area contributed by atoms with Crippen molar-refractivity contribution >= 4 is 17.7 Å². The Balaban J connectivity index is 4.11. The summed E-state index contributed by atoms with van der Waals surface area (Å²) >= 11 is 0. The van der Waals surface area contributed by atoms with Gasteiger partial charge in [0.05, 0.1) is 14.2 Å². The third-order valence-corrected chi connectivity index (χ3v) is 1.58. The average Bonchev–Trinajstić information content (AvgIpc) is 2.14. The van der Waals surface area contributed by atoms with Crippen molar-refractivity contribution in [3.8, 4) is 0 Å². The lowest BCUT2D eigenvalue weighted by atomic mass is 10.0. The molecule has 13 heavy (non-hydrogen) atoms. The lowest BCUT2D eigenvalue weighted by Gasteiger charge is -2.06. The van der Waals surface area contributed by atoms with Crippen LogP contribution in [0.5, 0.6) is 0 Å². The van der Waals surface area contributed by atoms with E-state index in [1.165, 1.54) is 21.1 Å². The van der Waals surface area contributed by atoms with Gasteiger partial charge >= 0.3 is 11.9 Å². The highest BCUT2D eigenvalue weighted by atomic mass is 16.5. The number of rotatable bonds is 4. The second-order valence-corrected chi connectivity index (χ2v) is 2.46. The fourth-order valence-electron chi connectivity index (χ4n) is 0.676. The maximum absolute atomic E-state index is 11.1. The Bertz CT molecular complexity index is 221. The molecule has 0 saturated heterocycles. The van der Waals surface area contributed by atoms with Crippen molar-refractivity contribution in [1.29, 1.82) is 0 Å². The van der Waals surface area contributed by atoms with Crippen LogP contribution in [0.15, 0.2) is 0 Å². The minimum absolute atomic E-state index is 0.396. The molecule has 5 nitrogen and oxygen atoms in total. The van der Waals surface area contributed by atoms with Crippen LogP contribution >= 0.6 is 0 Å². The van der Waals surface area contributed by atoms with Gasteiger partial charge in [0.1, 0.15) is 12.3 Å². The first-order valence-electron chi connectivity index (χ1n) is 3.70. The van der Waals surface area contributed by atoms with Crippen LogP contribution in [0.2, 0.25) is 0 Å². The van der Waals surface area contributed by atoms with E-state index in [0.29, 0.717) is 0 Å². The molecule has 0 spiro atoms. The Labute approximate surface area is 76.0 Å². The number of methoxy groups -OCH3 is 2. The van der Waals surface area contributed by atoms with Crippen molar-refractivity contribution in [2.24, 2.45) is 5.92 Å². The summed E-state index contributed by atoms with van der Waals surface area (Å²) in [6, 6.07) is 0. The second-order valence-electron chi connectivity index (χ2n) is 2.46. The molecular weight excluding hydrogens is 176 g/mol. The van der Waals surface area contributed by atoms with Gasteiger partial charge in [0.15, 0.2) is 5.78 Å². The van der Waals surface area contributed by atoms with Crippen LogP contribution < -0.4 is 0 Å². The van der Waals surface area contributed by atoms with E-state index in [-0.39, 0.29) is 0 Å². The zero-order valence-corrected chi connectivity index (χ0v) is 7.83. The van der Waals surface area contributed by atoms with Crippen LogP contribution in [0, 0.1) is 5.92 Å². The molecular formula is C8H12O5. The predicted molar refractivity (Wildman–Crippen MR) is 42.8 cm³/mol. The van der Waals surface area contributed by atoms with Gasteiger partial charge in [-0.3, -0.25) is 14.4 Å². The normalized spacial score (nSPS) is 11.6. The maximum atomic E-state index is 11.1. The predicted octanol–water partition coefficient (Wildman–Crippen LogP) is -0.0723. The fourth-order valence-corrected chi connectivity index (χ4v) is 0.676. The molecule has 5 heteroatoms. The number of carbonyl (C=O) groups is 3. The van der Waals surface area contributed by atoms with E-state index in [0.717, 1.165) is 0 Å². The van der Waals surface area contributed by atoms with Crippen LogP contribution in [-0.2, 0) is 23.9 Å². The molecule has 74 valence electrons. The van der Waals surface area contributed by atoms with E-state index >= 15 is 0 Å².